The van der Waals surface area contributed by atoms with Crippen molar-refractivity contribution in [1.29, 1.82) is 0 Å². The average Bonchev–Trinajstić information content (AvgIpc) is 2.32. The number of hydrogen-bond acceptors (Lipinski definition) is 2. The summed E-state index contributed by atoms with van der Waals surface area (Å²) in [6.07, 6.45) is 4.34. The Hall–Kier alpha value is -1.09. The molecular formula is C13H17ClN2O. The minimum Gasteiger partial charge on any atom is -0.337 e. The fourth-order valence-electron chi connectivity index (χ4n) is 2.06. The van der Waals surface area contributed by atoms with Crippen molar-refractivity contribution in [3.8, 4) is 0 Å². The number of rotatable bonds is 1. The van der Waals surface area contributed by atoms with E-state index >= 15 is 0 Å². The molecule has 0 spiro atoms. The number of nitrogens with zero attached hydrogens (tertiary/aromatic N) is 2. The lowest BCUT2D eigenvalue weighted by Crippen LogP contribution is -2.43. The van der Waals surface area contributed by atoms with E-state index in [0.717, 1.165) is 18.5 Å². The van der Waals surface area contributed by atoms with Gasteiger partial charge in [-0.1, -0.05) is 6.92 Å². The second-order valence-electron chi connectivity index (χ2n) is 4.78. The first-order valence-electron chi connectivity index (χ1n) is 5.93. The molecule has 2 unspecified atom stereocenters. The van der Waals surface area contributed by atoms with Crippen LogP contribution in [0, 0.1) is 12.8 Å². The highest BCUT2D eigenvalue weighted by Gasteiger charge is 2.27. The van der Waals surface area contributed by atoms with E-state index in [9.17, 15) is 4.79 Å². The van der Waals surface area contributed by atoms with Crippen LogP contribution in [0.25, 0.3) is 0 Å². The molecule has 1 aliphatic heterocycles. The number of piperidine rings is 1. The van der Waals surface area contributed by atoms with E-state index in [1.807, 2.05) is 17.9 Å². The van der Waals surface area contributed by atoms with Gasteiger partial charge in [-0.15, -0.1) is 11.6 Å². The lowest BCUT2D eigenvalue weighted by atomic mass is 9.98. The Balaban J connectivity index is 2.10. The largest absolute Gasteiger partial charge is 0.337 e. The zero-order chi connectivity index (χ0) is 12.4. The molecule has 1 aliphatic rings. The maximum atomic E-state index is 12.2. The third kappa shape index (κ3) is 2.78. The number of aromatic nitrogens is 1. The highest BCUT2D eigenvalue weighted by Crippen LogP contribution is 2.23. The van der Waals surface area contributed by atoms with Crippen LogP contribution in [0.3, 0.4) is 0 Å². The minimum atomic E-state index is 0.0405. The number of carbonyl (C=O) groups is 1. The highest BCUT2D eigenvalue weighted by molar-refractivity contribution is 6.21. The van der Waals surface area contributed by atoms with Gasteiger partial charge >= 0.3 is 0 Å². The molecule has 0 bridgehead atoms. The zero-order valence-corrected chi connectivity index (χ0v) is 10.9. The van der Waals surface area contributed by atoms with Gasteiger partial charge in [-0.25, -0.2) is 0 Å². The fraction of sp³-hybridized carbons (Fsp3) is 0.538. The van der Waals surface area contributed by atoms with Crippen LogP contribution in [0.15, 0.2) is 18.5 Å². The van der Waals surface area contributed by atoms with Crippen molar-refractivity contribution < 1.29 is 4.79 Å². The van der Waals surface area contributed by atoms with Crippen LogP contribution in [0.4, 0.5) is 0 Å². The summed E-state index contributed by atoms with van der Waals surface area (Å²) >= 11 is 6.22. The van der Waals surface area contributed by atoms with Crippen molar-refractivity contribution >= 4 is 17.5 Å². The number of aryl methyl sites for hydroxylation is 1. The zero-order valence-electron chi connectivity index (χ0n) is 10.2. The molecule has 2 rings (SSSR count). The van der Waals surface area contributed by atoms with Crippen LogP contribution < -0.4 is 0 Å². The average molecular weight is 253 g/mol. The lowest BCUT2D eigenvalue weighted by Gasteiger charge is -2.34. The van der Waals surface area contributed by atoms with Crippen molar-refractivity contribution in [3.63, 3.8) is 0 Å². The van der Waals surface area contributed by atoms with E-state index in [1.165, 1.54) is 0 Å². The molecule has 3 nitrogen and oxygen atoms in total. The van der Waals surface area contributed by atoms with Crippen molar-refractivity contribution in [2.45, 2.75) is 25.6 Å². The third-order valence-electron chi connectivity index (χ3n) is 3.28. The Morgan fingerprint density at radius 3 is 2.94 bits per heavy atom. The van der Waals surface area contributed by atoms with Gasteiger partial charge in [-0.3, -0.25) is 9.78 Å². The van der Waals surface area contributed by atoms with Crippen molar-refractivity contribution in [2.24, 2.45) is 5.92 Å². The smallest absolute Gasteiger partial charge is 0.255 e. The summed E-state index contributed by atoms with van der Waals surface area (Å²) in [4.78, 5) is 18.1. The van der Waals surface area contributed by atoms with Gasteiger partial charge in [0.05, 0.1) is 10.9 Å². The third-order valence-corrected chi connectivity index (χ3v) is 3.84. The van der Waals surface area contributed by atoms with E-state index in [1.54, 1.807) is 12.4 Å². The van der Waals surface area contributed by atoms with Crippen LogP contribution in [-0.4, -0.2) is 34.3 Å². The summed E-state index contributed by atoms with van der Waals surface area (Å²) in [5.74, 6) is 0.523. The Morgan fingerprint density at radius 2 is 2.29 bits per heavy atom. The fourth-order valence-corrected chi connectivity index (χ4v) is 2.35. The molecule has 0 radical (unpaired) electrons. The lowest BCUT2D eigenvalue weighted by molar-refractivity contribution is 0.0701. The number of carbonyl (C=O) groups excluding carboxylic acids is 1. The van der Waals surface area contributed by atoms with Crippen LogP contribution >= 0.6 is 11.6 Å². The van der Waals surface area contributed by atoms with Crippen LogP contribution in [0.2, 0.25) is 0 Å². The van der Waals surface area contributed by atoms with Crippen molar-refractivity contribution in [2.75, 3.05) is 13.1 Å². The van der Waals surface area contributed by atoms with E-state index in [2.05, 4.69) is 11.9 Å². The molecule has 92 valence electrons. The molecule has 1 fully saturated rings. The summed E-state index contributed by atoms with van der Waals surface area (Å²) in [7, 11) is 0. The molecule has 0 aromatic carbocycles. The van der Waals surface area contributed by atoms with Gasteiger partial charge in [0.25, 0.3) is 5.91 Å². The molecule has 2 heterocycles. The quantitative estimate of drug-likeness (QED) is 0.720. The summed E-state index contributed by atoms with van der Waals surface area (Å²) in [6.45, 7) is 5.49. The first-order chi connectivity index (χ1) is 8.08. The van der Waals surface area contributed by atoms with Crippen LogP contribution in [0.1, 0.15) is 29.3 Å². The molecule has 1 aromatic rings. The first-order valence-corrected chi connectivity index (χ1v) is 6.36. The number of alkyl halides is 1. The summed E-state index contributed by atoms with van der Waals surface area (Å²) in [5.41, 5.74) is 1.66. The molecule has 2 atom stereocenters. The van der Waals surface area contributed by atoms with Crippen molar-refractivity contribution in [1.82, 2.24) is 9.88 Å². The van der Waals surface area contributed by atoms with Gasteiger partial charge in [0, 0.05) is 25.5 Å². The molecule has 0 N–H and O–H groups in total. The number of amides is 1. The van der Waals surface area contributed by atoms with Gasteiger partial charge in [0.2, 0.25) is 0 Å². The molecule has 0 aliphatic carbocycles. The molecule has 17 heavy (non-hydrogen) atoms. The number of hydrogen-bond donors (Lipinski definition) is 0. The molecule has 0 saturated carbocycles. The molecule has 4 heteroatoms. The highest BCUT2D eigenvalue weighted by atomic mass is 35.5. The van der Waals surface area contributed by atoms with E-state index < -0.39 is 0 Å². The number of halogens is 1. The van der Waals surface area contributed by atoms with Gasteiger partial charge in [0.15, 0.2) is 0 Å². The predicted octanol–water partition coefficient (Wildman–Crippen LogP) is 2.48. The monoisotopic (exact) mass is 252 g/mol. The van der Waals surface area contributed by atoms with Crippen LogP contribution in [-0.2, 0) is 0 Å². The Morgan fingerprint density at radius 1 is 1.53 bits per heavy atom. The van der Waals surface area contributed by atoms with E-state index in [0.29, 0.717) is 18.0 Å². The molecular weight excluding hydrogens is 236 g/mol. The maximum absolute atomic E-state index is 12.2. The summed E-state index contributed by atoms with van der Waals surface area (Å²) < 4.78 is 0. The summed E-state index contributed by atoms with van der Waals surface area (Å²) in [6, 6.07) is 1.87. The van der Waals surface area contributed by atoms with Gasteiger partial charge < -0.3 is 4.90 Å². The minimum absolute atomic E-state index is 0.0405. The molecule has 1 amide bonds. The molecule has 1 aromatic heterocycles. The maximum Gasteiger partial charge on any atom is 0.255 e. The summed E-state index contributed by atoms with van der Waals surface area (Å²) in [5, 5.41) is 0.0606. The SMILES string of the molecule is Cc1cncc(C(=O)N2CCC(C)C(Cl)C2)c1. The topological polar surface area (TPSA) is 33.2 Å². The van der Waals surface area contributed by atoms with Crippen molar-refractivity contribution in [3.05, 3.63) is 29.6 Å². The van der Waals surface area contributed by atoms with Gasteiger partial charge in [0.1, 0.15) is 0 Å². The van der Waals surface area contributed by atoms with Crippen LogP contribution in [0.5, 0.6) is 0 Å². The first kappa shape index (κ1) is 12.4. The van der Waals surface area contributed by atoms with E-state index in [4.69, 9.17) is 11.6 Å². The standard InChI is InChI=1S/C13H17ClN2O/c1-9-5-11(7-15-6-9)13(17)16-4-3-10(2)12(14)8-16/h5-7,10,12H,3-4,8H2,1-2H3. The predicted molar refractivity (Wildman–Crippen MR) is 68.3 cm³/mol. The number of likely N-dealkylation sites (tertiary alicyclic amines) is 1. The Bertz CT molecular complexity index is 422. The normalized spacial score (nSPS) is 24.8. The Labute approximate surface area is 107 Å². The van der Waals surface area contributed by atoms with Gasteiger partial charge in [-0.2, -0.15) is 0 Å². The second kappa shape index (κ2) is 5.05. The van der Waals surface area contributed by atoms with E-state index in [-0.39, 0.29) is 11.3 Å². The molecule has 1 saturated heterocycles. The number of pyridine rings is 1. The second-order valence-corrected chi connectivity index (χ2v) is 5.34. The van der Waals surface area contributed by atoms with Gasteiger partial charge in [-0.05, 0) is 30.9 Å². The Kier molecular flexibility index (Phi) is 3.67.